The van der Waals surface area contributed by atoms with Gasteiger partial charge in [0.25, 0.3) is 0 Å². The molecular weight excluding hydrogens is 526 g/mol. The highest BCUT2D eigenvalue weighted by molar-refractivity contribution is 7.92. The number of anilines is 1. The highest BCUT2D eigenvalue weighted by atomic mass is 32.2. The van der Waals surface area contributed by atoms with E-state index in [1.807, 2.05) is 69.3 Å². The summed E-state index contributed by atoms with van der Waals surface area (Å²) in [6.45, 7) is 8.35. The van der Waals surface area contributed by atoms with E-state index in [1.54, 1.807) is 22.2 Å². The van der Waals surface area contributed by atoms with Crippen LogP contribution in [0.2, 0.25) is 0 Å². The lowest BCUT2D eigenvalue weighted by atomic mass is 9.98. The van der Waals surface area contributed by atoms with Crippen LogP contribution in [0.4, 0.5) is 10.5 Å². The molecule has 0 saturated carbocycles. The third-order valence-electron chi connectivity index (χ3n) is 7.42. The Morgan fingerprint density at radius 2 is 1.75 bits per heavy atom. The van der Waals surface area contributed by atoms with Gasteiger partial charge in [-0.05, 0) is 86.0 Å². The van der Waals surface area contributed by atoms with Gasteiger partial charge in [0.05, 0.1) is 29.1 Å². The molecule has 3 aromatic carbocycles. The van der Waals surface area contributed by atoms with Crippen molar-refractivity contribution in [2.45, 2.75) is 64.7 Å². The molecule has 210 valence electrons. The SMILES string of the molecule is CCS(=O)(=O)N1c2ccc(OC3CCN(C(=O)OC(C)(C)C)CC3)cc2C[C@H]1c1ccc2ccc(C#N)cc2c1. The molecule has 8 nitrogen and oxygen atoms in total. The van der Waals surface area contributed by atoms with Gasteiger partial charge < -0.3 is 14.4 Å². The van der Waals surface area contributed by atoms with Crippen molar-refractivity contribution in [3.05, 3.63) is 71.3 Å². The van der Waals surface area contributed by atoms with E-state index in [0.29, 0.717) is 49.4 Å². The van der Waals surface area contributed by atoms with Crippen LogP contribution in [0, 0.1) is 11.3 Å². The Hall–Kier alpha value is -3.77. The van der Waals surface area contributed by atoms with Crippen molar-refractivity contribution in [3.63, 3.8) is 0 Å². The van der Waals surface area contributed by atoms with Crippen LogP contribution in [0.25, 0.3) is 10.8 Å². The summed E-state index contributed by atoms with van der Waals surface area (Å²) >= 11 is 0. The minimum atomic E-state index is -3.55. The van der Waals surface area contributed by atoms with E-state index in [1.165, 1.54) is 0 Å². The summed E-state index contributed by atoms with van der Waals surface area (Å²) in [4.78, 5) is 14.1. The number of fused-ring (bicyclic) bond motifs is 2. The summed E-state index contributed by atoms with van der Waals surface area (Å²) in [6.07, 6.45) is 1.56. The van der Waals surface area contributed by atoms with Crippen LogP contribution < -0.4 is 9.04 Å². The summed E-state index contributed by atoms with van der Waals surface area (Å²) < 4.78 is 39.9. The van der Waals surface area contributed by atoms with Crippen molar-refractivity contribution in [2.24, 2.45) is 0 Å². The number of ether oxygens (including phenoxy) is 2. The maximum Gasteiger partial charge on any atom is 0.410 e. The lowest BCUT2D eigenvalue weighted by Crippen LogP contribution is -2.44. The Balaban J connectivity index is 1.35. The van der Waals surface area contributed by atoms with Crippen molar-refractivity contribution in [3.8, 4) is 11.8 Å². The van der Waals surface area contributed by atoms with Gasteiger partial charge in [-0.3, -0.25) is 4.31 Å². The summed E-state index contributed by atoms with van der Waals surface area (Å²) in [7, 11) is -3.55. The zero-order chi connectivity index (χ0) is 28.7. The maximum absolute atomic E-state index is 13.3. The second-order valence-electron chi connectivity index (χ2n) is 11.4. The van der Waals surface area contributed by atoms with Crippen LogP contribution in [0.3, 0.4) is 0 Å². The van der Waals surface area contributed by atoms with E-state index in [2.05, 4.69) is 6.07 Å². The number of carbonyl (C=O) groups excluding carboxylic acids is 1. The van der Waals surface area contributed by atoms with Crippen molar-refractivity contribution < 1.29 is 22.7 Å². The van der Waals surface area contributed by atoms with Gasteiger partial charge in [-0.2, -0.15) is 5.26 Å². The van der Waals surface area contributed by atoms with Crippen LogP contribution in [0.15, 0.2) is 54.6 Å². The van der Waals surface area contributed by atoms with Crippen molar-refractivity contribution in [2.75, 3.05) is 23.1 Å². The number of piperidine rings is 1. The normalized spacial score (nSPS) is 17.9. The van der Waals surface area contributed by atoms with Gasteiger partial charge in [0, 0.05) is 32.4 Å². The van der Waals surface area contributed by atoms with E-state index >= 15 is 0 Å². The van der Waals surface area contributed by atoms with Gasteiger partial charge in [-0.1, -0.05) is 18.2 Å². The van der Waals surface area contributed by atoms with Gasteiger partial charge in [-0.25, -0.2) is 13.2 Å². The van der Waals surface area contributed by atoms with Crippen molar-refractivity contribution in [1.29, 1.82) is 5.26 Å². The number of amides is 1. The molecular formula is C31H35N3O5S. The summed E-state index contributed by atoms with van der Waals surface area (Å²) in [5.41, 5.74) is 2.50. The average molecular weight is 562 g/mol. The molecule has 3 aromatic rings. The first-order valence-electron chi connectivity index (χ1n) is 13.7. The summed E-state index contributed by atoms with van der Waals surface area (Å²) in [5, 5.41) is 11.2. The third-order valence-corrected chi connectivity index (χ3v) is 9.20. The molecule has 2 aliphatic heterocycles. The fourth-order valence-corrected chi connectivity index (χ4v) is 6.77. The Morgan fingerprint density at radius 1 is 1.02 bits per heavy atom. The predicted octanol–water partition coefficient (Wildman–Crippen LogP) is 5.94. The molecule has 0 spiro atoms. The third kappa shape index (κ3) is 5.73. The molecule has 0 bridgehead atoms. The van der Waals surface area contributed by atoms with Crippen molar-refractivity contribution in [1.82, 2.24) is 4.90 Å². The number of carbonyl (C=O) groups is 1. The number of rotatable bonds is 5. The average Bonchev–Trinajstić information content (AvgIpc) is 3.31. The number of hydrogen-bond acceptors (Lipinski definition) is 6. The highest BCUT2D eigenvalue weighted by Crippen LogP contribution is 2.44. The molecule has 2 aliphatic rings. The van der Waals surface area contributed by atoms with Gasteiger partial charge in [-0.15, -0.1) is 0 Å². The number of nitriles is 1. The van der Waals surface area contributed by atoms with Crippen LogP contribution >= 0.6 is 0 Å². The monoisotopic (exact) mass is 561 g/mol. The molecule has 0 N–H and O–H groups in total. The zero-order valence-electron chi connectivity index (χ0n) is 23.4. The van der Waals surface area contributed by atoms with Crippen LogP contribution in [0.5, 0.6) is 5.75 Å². The predicted molar refractivity (Wildman–Crippen MR) is 155 cm³/mol. The molecule has 1 atom stereocenters. The Morgan fingerprint density at radius 3 is 2.42 bits per heavy atom. The van der Waals surface area contributed by atoms with Crippen LogP contribution in [0.1, 0.15) is 63.3 Å². The first-order valence-corrected chi connectivity index (χ1v) is 15.3. The lowest BCUT2D eigenvalue weighted by Gasteiger charge is -2.33. The molecule has 1 fully saturated rings. The van der Waals surface area contributed by atoms with Gasteiger partial charge in [0.1, 0.15) is 17.5 Å². The second kappa shape index (κ2) is 10.7. The Kier molecular flexibility index (Phi) is 7.40. The first kappa shape index (κ1) is 27.8. The van der Waals surface area contributed by atoms with Crippen LogP contribution in [-0.2, 0) is 21.2 Å². The quantitative estimate of drug-likeness (QED) is 0.382. The van der Waals surface area contributed by atoms with E-state index in [0.717, 1.165) is 21.9 Å². The largest absolute Gasteiger partial charge is 0.490 e. The molecule has 0 aromatic heterocycles. The van der Waals surface area contributed by atoms with E-state index < -0.39 is 15.6 Å². The molecule has 0 radical (unpaired) electrons. The first-order chi connectivity index (χ1) is 19.0. The second-order valence-corrected chi connectivity index (χ2v) is 13.6. The fourth-order valence-electron chi connectivity index (χ4n) is 5.43. The van der Waals surface area contributed by atoms with E-state index in [-0.39, 0.29) is 24.0 Å². The van der Waals surface area contributed by atoms with Crippen LogP contribution in [-0.4, -0.2) is 50.0 Å². The van der Waals surface area contributed by atoms with Gasteiger partial charge in [0.15, 0.2) is 0 Å². The maximum atomic E-state index is 13.3. The zero-order valence-corrected chi connectivity index (χ0v) is 24.2. The molecule has 0 aliphatic carbocycles. The smallest absolute Gasteiger partial charge is 0.410 e. The van der Waals surface area contributed by atoms with Crippen molar-refractivity contribution >= 4 is 32.6 Å². The molecule has 2 heterocycles. The molecule has 0 unspecified atom stereocenters. The molecule has 40 heavy (non-hydrogen) atoms. The molecule has 1 amide bonds. The highest BCUT2D eigenvalue weighted by Gasteiger charge is 2.38. The van der Waals surface area contributed by atoms with Gasteiger partial charge >= 0.3 is 6.09 Å². The fraction of sp³-hybridized carbons (Fsp3) is 0.419. The molecule has 5 rings (SSSR count). The Labute approximate surface area is 236 Å². The summed E-state index contributed by atoms with van der Waals surface area (Å²) in [5.74, 6) is 0.685. The van der Waals surface area contributed by atoms with Gasteiger partial charge in [0.2, 0.25) is 10.0 Å². The number of benzene rings is 3. The summed E-state index contributed by atoms with van der Waals surface area (Å²) in [6, 6.07) is 18.9. The number of nitrogens with zero attached hydrogens (tertiary/aromatic N) is 3. The lowest BCUT2D eigenvalue weighted by molar-refractivity contribution is 0.0126. The van der Waals surface area contributed by atoms with E-state index in [4.69, 9.17) is 9.47 Å². The number of hydrogen-bond donors (Lipinski definition) is 0. The minimum Gasteiger partial charge on any atom is -0.490 e. The number of likely N-dealkylation sites (tertiary alicyclic amines) is 1. The molecule has 9 heteroatoms. The van der Waals surface area contributed by atoms with E-state index in [9.17, 15) is 18.5 Å². The minimum absolute atomic E-state index is 0.0103. The standard InChI is InChI=1S/C31H35N3O5S/c1-5-40(36,37)34-28-11-10-27(38-26-12-14-33(15-13-26)30(35)39-31(2,3)4)18-25(28)19-29(34)23-9-8-22-7-6-21(20-32)16-24(22)17-23/h6-11,16-18,26,29H,5,12-15,19H2,1-4H3/t29-/m0/s1. The number of sulfonamides is 1. The topological polar surface area (TPSA) is 99.9 Å². The molecule has 1 saturated heterocycles. The Bertz CT molecular complexity index is 1580.